The molecule has 0 aliphatic heterocycles. The van der Waals surface area contributed by atoms with Crippen molar-refractivity contribution in [3.8, 4) is 5.75 Å². The van der Waals surface area contributed by atoms with Crippen molar-refractivity contribution in [2.24, 2.45) is 5.92 Å². The van der Waals surface area contributed by atoms with Gasteiger partial charge in [-0.3, -0.25) is 4.79 Å². The van der Waals surface area contributed by atoms with E-state index in [2.05, 4.69) is 10.3 Å². The number of alkyl halides is 2. The molecule has 7 heteroatoms. The van der Waals surface area contributed by atoms with Crippen LogP contribution >= 0.6 is 34.5 Å². The number of benzene rings is 1. The first-order valence-electron chi connectivity index (χ1n) is 6.21. The molecule has 1 atom stereocenters. The van der Waals surface area contributed by atoms with Crippen LogP contribution in [0, 0.1) is 5.92 Å². The SMILES string of the molecule is CCOc1ccc2nc(NC(=O)[C@@H]3CC3(Cl)Cl)sc2c1. The Morgan fingerprint density at radius 1 is 1.60 bits per heavy atom. The molecular formula is C13H12Cl2N2O2S. The smallest absolute Gasteiger partial charge is 0.232 e. The van der Waals surface area contributed by atoms with Crippen molar-refractivity contribution >= 4 is 55.8 Å². The number of hydrogen-bond acceptors (Lipinski definition) is 4. The lowest BCUT2D eigenvalue weighted by atomic mass is 10.3. The largest absolute Gasteiger partial charge is 0.494 e. The lowest BCUT2D eigenvalue weighted by Crippen LogP contribution is -2.16. The Morgan fingerprint density at radius 2 is 2.35 bits per heavy atom. The van der Waals surface area contributed by atoms with Crippen LogP contribution in [0.3, 0.4) is 0 Å². The van der Waals surface area contributed by atoms with Gasteiger partial charge in [-0.25, -0.2) is 4.98 Å². The van der Waals surface area contributed by atoms with Gasteiger partial charge in [-0.15, -0.1) is 23.2 Å². The first-order chi connectivity index (χ1) is 9.49. The number of anilines is 1. The van der Waals surface area contributed by atoms with Gasteiger partial charge in [0.25, 0.3) is 0 Å². The average molecular weight is 331 g/mol. The summed E-state index contributed by atoms with van der Waals surface area (Å²) in [5.74, 6) is 0.264. The van der Waals surface area contributed by atoms with Crippen LogP contribution in [0.1, 0.15) is 13.3 Å². The molecule has 1 heterocycles. The molecule has 0 saturated heterocycles. The fraction of sp³-hybridized carbons (Fsp3) is 0.385. The minimum atomic E-state index is -0.914. The van der Waals surface area contributed by atoms with Gasteiger partial charge in [-0.2, -0.15) is 0 Å². The fourth-order valence-corrected chi connectivity index (χ4v) is 3.31. The van der Waals surface area contributed by atoms with E-state index in [0.29, 0.717) is 18.2 Å². The third-order valence-electron chi connectivity index (χ3n) is 3.04. The van der Waals surface area contributed by atoms with E-state index in [9.17, 15) is 4.79 Å². The quantitative estimate of drug-likeness (QED) is 0.867. The first-order valence-corrected chi connectivity index (χ1v) is 7.79. The molecule has 1 N–H and O–H groups in total. The molecule has 0 unspecified atom stereocenters. The van der Waals surface area contributed by atoms with E-state index in [0.717, 1.165) is 16.0 Å². The van der Waals surface area contributed by atoms with E-state index in [4.69, 9.17) is 27.9 Å². The highest BCUT2D eigenvalue weighted by atomic mass is 35.5. The Morgan fingerprint density at radius 3 is 3.00 bits per heavy atom. The van der Waals surface area contributed by atoms with Gasteiger partial charge in [0.1, 0.15) is 10.1 Å². The zero-order valence-electron chi connectivity index (χ0n) is 10.7. The zero-order valence-corrected chi connectivity index (χ0v) is 13.0. The number of amides is 1. The van der Waals surface area contributed by atoms with Gasteiger partial charge in [-0.05, 0) is 31.5 Å². The van der Waals surface area contributed by atoms with Crippen molar-refractivity contribution < 1.29 is 9.53 Å². The molecule has 1 saturated carbocycles. The molecule has 1 aliphatic carbocycles. The van der Waals surface area contributed by atoms with Crippen LogP contribution in [-0.4, -0.2) is 21.8 Å². The molecule has 106 valence electrons. The van der Waals surface area contributed by atoms with Crippen LogP contribution in [-0.2, 0) is 4.79 Å². The molecule has 0 spiro atoms. The molecular weight excluding hydrogens is 319 g/mol. The summed E-state index contributed by atoms with van der Waals surface area (Å²) in [5.41, 5.74) is 0.826. The van der Waals surface area contributed by atoms with Crippen LogP contribution in [0.4, 0.5) is 5.13 Å². The summed E-state index contributed by atoms with van der Waals surface area (Å²) >= 11 is 13.1. The third kappa shape index (κ3) is 2.71. The summed E-state index contributed by atoms with van der Waals surface area (Å²) in [6, 6.07) is 5.65. The number of thiazole rings is 1. The highest BCUT2D eigenvalue weighted by Crippen LogP contribution is 2.53. The van der Waals surface area contributed by atoms with Crippen molar-refractivity contribution in [1.82, 2.24) is 4.98 Å². The van der Waals surface area contributed by atoms with Crippen LogP contribution < -0.4 is 10.1 Å². The van der Waals surface area contributed by atoms with Gasteiger partial charge in [0.05, 0.1) is 22.7 Å². The predicted octanol–water partition coefficient (Wildman–Crippen LogP) is 3.83. The predicted molar refractivity (Wildman–Crippen MR) is 82.0 cm³/mol. The summed E-state index contributed by atoms with van der Waals surface area (Å²) in [7, 11) is 0. The van der Waals surface area contributed by atoms with Gasteiger partial charge in [-0.1, -0.05) is 11.3 Å². The third-order valence-corrected chi connectivity index (χ3v) is 4.81. The maximum atomic E-state index is 11.9. The Hall–Kier alpha value is -1.04. The monoisotopic (exact) mass is 330 g/mol. The van der Waals surface area contributed by atoms with E-state index < -0.39 is 4.33 Å². The number of aromatic nitrogens is 1. The molecule has 1 fully saturated rings. The van der Waals surface area contributed by atoms with E-state index in [-0.39, 0.29) is 11.8 Å². The highest BCUT2D eigenvalue weighted by Gasteiger charge is 2.56. The van der Waals surface area contributed by atoms with Crippen LogP contribution in [0.25, 0.3) is 10.2 Å². The molecule has 2 aromatic rings. The standard InChI is InChI=1S/C13H12Cl2N2O2S/c1-2-19-7-3-4-9-10(5-7)20-12(16-9)17-11(18)8-6-13(8,14)15/h3-5,8H,2,6H2,1H3,(H,16,17,18)/t8-/m0/s1. The minimum Gasteiger partial charge on any atom is -0.494 e. The van der Waals surface area contributed by atoms with Gasteiger partial charge in [0, 0.05) is 0 Å². The summed E-state index contributed by atoms with van der Waals surface area (Å²) in [4.78, 5) is 16.3. The van der Waals surface area contributed by atoms with Gasteiger partial charge in [0.2, 0.25) is 5.91 Å². The lowest BCUT2D eigenvalue weighted by molar-refractivity contribution is -0.117. The number of carbonyl (C=O) groups is 1. The number of hydrogen-bond donors (Lipinski definition) is 1. The highest BCUT2D eigenvalue weighted by molar-refractivity contribution is 7.22. The Labute approximate surface area is 130 Å². The normalized spacial score (nSPS) is 19.9. The first kappa shape index (κ1) is 13.9. The van der Waals surface area contributed by atoms with Crippen molar-refractivity contribution in [2.75, 3.05) is 11.9 Å². The molecule has 0 radical (unpaired) electrons. The summed E-state index contributed by atoms with van der Waals surface area (Å²) in [5, 5.41) is 3.31. The fourth-order valence-electron chi connectivity index (χ4n) is 1.91. The molecule has 4 nitrogen and oxygen atoms in total. The molecule has 0 bridgehead atoms. The molecule has 1 aliphatic rings. The Bertz CT molecular complexity index is 671. The lowest BCUT2D eigenvalue weighted by Gasteiger charge is -2.00. The number of rotatable bonds is 4. The van der Waals surface area contributed by atoms with E-state index >= 15 is 0 Å². The van der Waals surface area contributed by atoms with Crippen LogP contribution in [0.2, 0.25) is 0 Å². The molecule has 1 aromatic heterocycles. The number of ether oxygens (including phenoxy) is 1. The Balaban J connectivity index is 1.77. The van der Waals surface area contributed by atoms with Gasteiger partial charge < -0.3 is 10.1 Å². The average Bonchev–Trinajstić information content (AvgIpc) is 2.85. The number of fused-ring (bicyclic) bond motifs is 1. The van der Waals surface area contributed by atoms with Crippen molar-refractivity contribution in [3.63, 3.8) is 0 Å². The summed E-state index contributed by atoms with van der Waals surface area (Å²) in [6.07, 6.45) is 0.487. The second kappa shape index (κ2) is 5.06. The van der Waals surface area contributed by atoms with Crippen LogP contribution in [0.5, 0.6) is 5.75 Å². The van der Waals surface area contributed by atoms with Crippen molar-refractivity contribution in [1.29, 1.82) is 0 Å². The minimum absolute atomic E-state index is 0.181. The summed E-state index contributed by atoms with van der Waals surface area (Å²) < 4.78 is 5.49. The van der Waals surface area contributed by atoms with Gasteiger partial charge >= 0.3 is 0 Å². The second-order valence-electron chi connectivity index (χ2n) is 4.59. The topological polar surface area (TPSA) is 51.2 Å². The van der Waals surface area contributed by atoms with E-state index in [1.807, 2.05) is 25.1 Å². The van der Waals surface area contributed by atoms with Crippen LogP contribution in [0.15, 0.2) is 18.2 Å². The number of halogens is 2. The van der Waals surface area contributed by atoms with Crippen molar-refractivity contribution in [2.45, 2.75) is 17.7 Å². The summed E-state index contributed by atoms with van der Waals surface area (Å²) in [6.45, 7) is 2.55. The maximum Gasteiger partial charge on any atom is 0.232 e. The Kier molecular flexibility index (Phi) is 3.52. The van der Waals surface area contributed by atoms with E-state index in [1.165, 1.54) is 11.3 Å². The van der Waals surface area contributed by atoms with Crippen molar-refractivity contribution in [3.05, 3.63) is 18.2 Å². The molecule has 1 amide bonds. The number of nitrogens with one attached hydrogen (secondary N) is 1. The van der Waals surface area contributed by atoms with E-state index in [1.54, 1.807) is 0 Å². The zero-order chi connectivity index (χ0) is 14.3. The molecule has 20 heavy (non-hydrogen) atoms. The maximum absolute atomic E-state index is 11.9. The number of nitrogens with zero attached hydrogens (tertiary/aromatic N) is 1. The number of carbonyl (C=O) groups excluding carboxylic acids is 1. The van der Waals surface area contributed by atoms with Gasteiger partial charge in [0.15, 0.2) is 5.13 Å². The second-order valence-corrected chi connectivity index (χ2v) is 7.16. The molecule has 3 rings (SSSR count). The molecule has 1 aromatic carbocycles.